The first-order chi connectivity index (χ1) is 14.6. The van der Waals surface area contributed by atoms with E-state index in [0.717, 1.165) is 23.4 Å². The van der Waals surface area contributed by atoms with Crippen molar-refractivity contribution < 1.29 is 14.3 Å². The van der Waals surface area contributed by atoms with Crippen molar-refractivity contribution >= 4 is 5.91 Å². The highest BCUT2D eigenvalue weighted by Crippen LogP contribution is 2.18. The number of benzene rings is 3. The van der Waals surface area contributed by atoms with Crippen LogP contribution >= 0.6 is 0 Å². The normalized spacial score (nSPS) is 10.6. The minimum absolute atomic E-state index is 0.0277. The minimum Gasteiger partial charge on any atom is -0.489 e. The Kier molecular flexibility index (Phi) is 7.86. The lowest BCUT2D eigenvalue weighted by atomic mass is 10.1. The first kappa shape index (κ1) is 21.4. The van der Waals surface area contributed by atoms with Crippen LogP contribution in [0, 0.1) is 0 Å². The van der Waals surface area contributed by atoms with Crippen molar-refractivity contribution in [3.05, 3.63) is 95.6 Å². The SMILES string of the molecule is CN(C)Cc1ccccc1CNC(=O)COc1ccc(OCc2ccccc2)cc1. The maximum atomic E-state index is 12.2. The van der Waals surface area contributed by atoms with Gasteiger partial charge in [0, 0.05) is 13.1 Å². The summed E-state index contributed by atoms with van der Waals surface area (Å²) in [4.78, 5) is 14.3. The maximum absolute atomic E-state index is 12.2. The van der Waals surface area contributed by atoms with E-state index in [9.17, 15) is 4.79 Å². The molecule has 0 saturated heterocycles. The molecule has 5 heteroatoms. The van der Waals surface area contributed by atoms with E-state index in [0.29, 0.717) is 18.9 Å². The molecule has 0 fully saturated rings. The summed E-state index contributed by atoms with van der Waals surface area (Å²) in [5.74, 6) is 1.23. The van der Waals surface area contributed by atoms with E-state index in [4.69, 9.17) is 9.47 Å². The van der Waals surface area contributed by atoms with E-state index in [1.807, 2.05) is 74.8 Å². The van der Waals surface area contributed by atoms with Crippen molar-refractivity contribution in [3.8, 4) is 11.5 Å². The molecule has 3 rings (SSSR count). The van der Waals surface area contributed by atoms with Gasteiger partial charge in [-0.15, -0.1) is 0 Å². The van der Waals surface area contributed by atoms with Crippen molar-refractivity contribution in [1.82, 2.24) is 10.2 Å². The van der Waals surface area contributed by atoms with Crippen LogP contribution in [0.5, 0.6) is 11.5 Å². The summed E-state index contributed by atoms with van der Waals surface area (Å²) in [6.45, 7) is 1.80. The molecule has 0 aliphatic heterocycles. The summed E-state index contributed by atoms with van der Waals surface area (Å²) in [6.07, 6.45) is 0. The molecule has 0 bridgehead atoms. The molecule has 0 atom stereocenters. The van der Waals surface area contributed by atoms with E-state index in [2.05, 4.69) is 16.3 Å². The molecule has 30 heavy (non-hydrogen) atoms. The fourth-order valence-electron chi connectivity index (χ4n) is 2.99. The molecular formula is C25H28N2O3. The largest absolute Gasteiger partial charge is 0.489 e. The van der Waals surface area contributed by atoms with Crippen LogP contribution in [0.4, 0.5) is 0 Å². The summed E-state index contributed by atoms with van der Waals surface area (Å²) in [5.41, 5.74) is 3.43. The fraction of sp³-hybridized carbons (Fsp3) is 0.240. The Labute approximate surface area is 178 Å². The van der Waals surface area contributed by atoms with Gasteiger partial charge in [0.05, 0.1) is 0 Å². The molecule has 0 aliphatic rings. The van der Waals surface area contributed by atoms with Gasteiger partial charge < -0.3 is 19.7 Å². The highest BCUT2D eigenvalue weighted by atomic mass is 16.5. The van der Waals surface area contributed by atoms with E-state index in [1.165, 1.54) is 5.56 Å². The van der Waals surface area contributed by atoms with Gasteiger partial charge in [0.25, 0.3) is 5.91 Å². The van der Waals surface area contributed by atoms with Gasteiger partial charge in [0.15, 0.2) is 6.61 Å². The molecule has 0 unspecified atom stereocenters. The van der Waals surface area contributed by atoms with Crippen LogP contribution in [0.2, 0.25) is 0 Å². The van der Waals surface area contributed by atoms with Crippen molar-refractivity contribution in [2.45, 2.75) is 19.7 Å². The van der Waals surface area contributed by atoms with Gasteiger partial charge in [-0.05, 0) is 55.1 Å². The number of hydrogen-bond acceptors (Lipinski definition) is 4. The second-order valence-electron chi connectivity index (χ2n) is 7.32. The van der Waals surface area contributed by atoms with E-state index >= 15 is 0 Å². The van der Waals surface area contributed by atoms with Crippen LogP contribution in [0.15, 0.2) is 78.9 Å². The van der Waals surface area contributed by atoms with Crippen LogP contribution in [0.25, 0.3) is 0 Å². The molecule has 0 aliphatic carbocycles. The molecular weight excluding hydrogens is 376 g/mol. The summed E-state index contributed by atoms with van der Waals surface area (Å²) in [5, 5.41) is 2.93. The molecule has 0 saturated carbocycles. The highest BCUT2D eigenvalue weighted by molar-refractivity contribution is 5.77. The third kappa shape index (κ3) is 6.94. The molecule has 5 nitrogen and oxygen atoms in total. The Balaban J connectivity index is 1.42. The van der Waals surface area contributed by atoms with Crippen LogP contribution < -0.4 is 14.8 Å². The van der Waals surface area contributed by atoms with Crippen molar-refractivity contribution in [2.24, 2.45) is 0 Å². The molecule has 1 N–H and O–H groups in total. The number of nitrogens with zero attached hydrogens (tertiary/aromatic N) is 1. The molecule has 0 radical (unpaired) electrons. The number of carbonyl (C=O) groups excluding carboxylic acids is 1. The maximum Gasteiger partial charge on any atom is 0.258 e. The minimum atomic E-state index is -0.154. The van der Waals surface area contributed by atoms with Gasteiger partial charge in [-0.25, -0.2) is 0 Å². The average molecular weight is 405 g/mol. The monoisotopic (exact) mass is 404 g/mol. The van der Waals surface area contributed by atoms with Gasteiger partial charge in [0.2, 0.25) is 0 Å². The summed E-state index contributed by atoms with van der Waals surface area (Å²) in [7, 11) is 4.06. The predicted molar refractivity (Wildman–Crippen MR) is 118 cm³/mol. The van der Waals surface area contributed by atoms with Crippen LogP contribution in [0.3, 0.4) is 0 Å². The van der Waals surface area contributed by atoms with Crippen molar-refractivity contribution in [3.63, 3.8) is 0 Å². The van der Waals surface area contributed by atoms with Gasteiger partial charge in [-0.1, -0.05) is 54.6 Å². The zero-order valence-corrected chi connectivity index (χ0v) is 17.5. The lowest BCUT2D eigenvalue weighted by Crippen LogP contribution is -2.29. The number of rotatable bonds is 10. The van der Waals surface area contributed by atoms with Crippen LogP contribution in [-0.4, -0.2) is 31.5 Å². The van der Waals surface area contributed by atoms with Gasteiger partial charge >= 0.3 is 0 Å². The first-order valence-electron chi connectivity index (χ1n) is 9.98. The lowest BCUT2D eigenvalue weighted by molar-refractivity contribution is -0.123. The van der Waals surface area contributed by atoms with Gasteiger partial charge in [-0.3, -0.25) is 4.79 Å². The summed E-state index contributed by atoms with van der Waals surface area (Å²) in [6, 6.07) is 25.4. The predicted octanol–water partition coefficient (Wildman–Crippen LogP) is 4.02. The smallest absolute Gasteiger partial charge is 0.258 e. The van der Waals surface area contributed by atoms with Gasteiger partial charge in [0.1, 0.15) is 18.1 Å². The molecule has 0 aromatic heterocycles. The summed E-state index contributed by atoms with van der Waals surface area (Å²) >= 11 is 0. The number of amides is 1. The Bertz CT molecular complexity index is 925. The molecule has 1 amide bonds. The zero-order chi connectivity index (χ0) is 21.2. The second-order valence-corrected chi connectivity index (χ2v) is 7.32. The third-order valence-corrected chi connectivity index (χ3v) is 4.52. The lowest BCUT2D eigenvalue weighted by Gasteiger charge is -2.15. The summed E-state index contributed by atoms with van der Waals surface area (Å²) < 4.78 is 11.4. The quantitative estimate of drug-likeness (QED) is 0.554. The molecule has 0 spiro atoms. The number of ether oxygens (including phenoxy) is 2. The molecule has 3 aromatic rings. The Hall–Kier alpha value is -3.31. The van der Waals surface area contributed by atoms with Crippen LogP contribution in [0.1, 0.15) is 16.7 Å². The molecule has 3 aromatic carbocycles. The Morgan fingerprint density at radius 1 is 0.800 bits per heavy atom. The zero-order valence-electron chi connectivity index (χ0n) is 17.5. The second kappa shape index (κ2) is 11.0. The Morgan fingerprint density at radius 3 is 2.07 bits per heavy atom. The number of nitrogens with one attached hydrogen (secondary N) is 1. The Morgan fingerprint density at radius 2 is 1.40 bits per heavy atom. The topological polar surface area (TPSA) is 50.8 Å². The van der Waals surface area contributed by atoms with Gasteiger partial charge in [-0.2, -0.15) is 0 Å². The molecule has 156 valence electrons. The van der Waals surface area contributed by atoms with Crippen LogP contribution in [-0.2, 0) is 24.5 Å². The first-order valence-corrected chi connectivity index (χ1v) is 9.98. The number of carbonyl (C=O) groups is 1. The average Bonchev–Trinajstić information content (AvgIpc) is 2.77. The van der Waals surface area contributed by atoms with E-state index in [1.54, 1.807) is 12.1 Å². The van der Waals surface area contributed by atoms with Crippen molar-refractivity contribution in [2.75, 3.05) is 20.7 Å². The van der Waals surface area contributed by atoms with Crippen molar-refractivity contribution in [1.29, 1.82) is 0 Å². The third-order valence-electron chi connectivity index (χ3n) is 4.52. The molecule has 0 heterocycles. The highest BCUT2D eigenvalue weighted by Gasteiger charge is 2.07. The number of hydrogen-bond donors (Lipinski definition) is 1. The fourth-order valence-corrected chi connectivity index (χ4v) is 2.99. The van der Waals surface area contributed by atoms with E-state index < -0.39 is 0 Å². The standard InChI is InChI=1S/C25H28N2O3/c1-27(2)17-22-11-7-6-10-21(22)16-26-25(28)19-30-24-14-12-23(13-15-24)29-18-20-8-4-3-5-9-20/h3-15H,16-19H2,1-2H3,(H,26,28). The van der Waals surface area contributed by atoms with E-state index in [-0.39, 0.29) is 12.5 Å².